The zero-order valence-electron chi connectivity index (χ0n) is 10.8. The molecule has 0 saturated carbocycles. The zero-order chi connectivity index (χ0) is 14.7. The molecule has 3 N–H and O–H groups in total. The smallest absolute Gasteiger partial charge is 0.138 e. The standard InChI is InChI=1S/C12H14BrF2N5/c1-2-20-11(17-6-18-20)5-10(19-16)12-8(14)3-7(13)4-9(12)15/h3-4,6,10,19H,2,5,16H2,1H3. The number of aryl methyl sites for hydroxylation is 1. The van der Waals surface area contributed by atoms with E-state index >= 15 is 0 Å². The Morgan fingerprint density at radius 3 is 2.60 bits per heavy atom. The van der Waals surface area contributed by atoms with Crippen LogP contribution in [0.1, 0.15) is 24.4 Å². The Balaban J connectivity index is 2.34. The lowest BCUT2D eigenvalue weighted by Gasteiger charge is -2.17. The molecule has 1 atom stereocenters. The van der Waals surface area contributed by atoms with E-state index in [1.165, 1.54) is 18.5 Å². The summed E-state index contributed by atoms with van der Waals surface area (Å²) in [7, 11) is 0. The molecule has 0 radical (unpaired) electrons. The molecule has 20 heavy (non-hydrogen) atoms. The maximum atomic E-state index is 14.0. The molecule has 0 aliphatic rings. The van der Waals surface area contributed by atoms with Crippen LogP contribution in [0.4, 0.5) is 8.78 Å². The van der Waals surface area contributed by atoms with Crippen LogP contribution in [0.3, 0.4) is 0 Å². The molecule has 0 fully saturated rings. The molecule has 1 aromatic heterocycles. The molecular weight excluding hydrogens is 332 g/mol. The summed E-state index contributed by atoms with van der Waals surface area (Å²) < 4.78 is 29.9. The van der Waals surface area contributed by atoms with Gasteiger partial charge in [0.15, 0.2) is 0 Å². The van der Waals surface area contributed by atoms with Gasteiger partial charge in [-0.15, -0.1) is 0 Å². The van der Waals surface area contributed by atoms with Gasteiger partial charge in [0.1, 0.15) is 23.8 Å². The van der Waals surface area contributed by atoms with Crippen molar-refractivity contribution in [2.75, 3.05) is 0 Å². The second-order valence-corrected chi connectivity index (χ2v) is 5.11. The van der Waals surface area contributed by atoms with E-state index < -0.39 is 17.7 Å². The Morgan fingerprint density at radius 1 is 1.40 bits per heavy atom. The van der Waals surface area contributed by atoms with E-state index in [-0.39, 0.29) is 12.0 Å². The Kier molecular flexibility index (Phi) is 4.79. The van der Waals surface area contributed by atoms with E-state index in [0.717, 1.165) is 0 Å². The van der Waals surface area contributed by atoms with Gasteiger partial charge >= 0.3 is 0 Å². The van der Waals surface area contributed by atoms with Gasteiger partial charge in [-0.2, -0.15) is 5.10 Å². The van der Waals surface area contributed by atoms with Crippen LogP contribution in [0.15, 0.2) is 22.9 Å². The molecule has 0 spiro atoms. The third-order valence-corrected chi connectivity index (χ3v) is 3.43. The molecule has 1 aromatic carbocycles. The van der Waals surface area contributed by atoms with Crippen molar-refractivity contribution >= 4 is 15.9 Å². The molecule has 1 heterocycles. The van der Waals surface area contributed by atoms with Gasteiger partial charge in [0.25, 0.3) is 0 Å². The van der Waals surface area contributed by atoms with E-state index in [1.54, 1.807) is 4.68 Å². The highest BCUT2D eigenvalue weighted by molar-refractivity contribution is 9.10. The minimum atomic E-state index is -0.724. The number of nitrogens with zero attached hydrogens (tertiary/aromatic N) is 3. The molecule has 0 aliphatic carbocycles. The van der Waals surface area contributed by atoms with Crippen LogP contribution in [-0.2, 0) is 13.0 Å². The number of hydrogen-bond donors (Lipinski definition) is 2. The van der Waals surface area contributed by atoms with Crippen molar-refractivity contribution < 1.29 is 8.78 Å². The van der Waals surface area contributed by atoms with Gasteiger partial charge < -0.3 is 0 Å². The van der Waals surface area contributed by atoms with Crippen molar-refractivity contribution in [3.05, 3.63) is 46.0 Å². The molecule has 1 unspecified atom stereocenters. The number of halogens is 3. The van der Waals surface area contributed by atoms with Crippen molar-refractivity contribution in [1.29, 1.82) is 0 Å². The SMILES string of the molecule is CCn1ncnc1CC(NN)c1c(F)cc(Br)cc1F. The maximum absolute atomic E-state index is 14.0. The second-order valence-electron chi connectivity index (χ2n) is 4.20. The van der Waals surface area contributed by atoms with Crippen molar-refractivity contribution in [2.24, 2.45) is 5.84 Å². The predicted molar refractivity (Wildman–Crippen MR) is 73.5 cm³/mol. The molecule has 0 saturated heterocycles. The fourth-order valence-electron chi connectivity index (χ4n) is 2.02. The summed E-state index contributed by atoms with van der Waals surface area (Å²) in [5.74, 6) is 4.72. The van der Waals surface area contributed by atoms with Crippen LogP contribution in [0, 0.1) is 11.6 Å². The summed E-state index contributed by atoms with van der Waals surface area (Å²) in [6.45, 7) is 2.53. The minimum Gasteiger partial charge on any atom is -0.271 e. The van der Waals surface area contributed by atoms with Crippen LogP contribution in [0.25, 0.3) is 0 Å². The molecule has 2 aromatic rings. The first-order valence-corrected chi connectivity index (χ1v) is 6.83. The average molecular weight is 346 g/mol. The molecule has 8 heteroatoms. The maximum Gasteiger partial charge on any atom is 0.138 e. The van der Waals surface area contributed by atoms with Crippen LogP contribution in [0.2, 0.25) is 0 Å². The topological polar surface area (TPSA) is 68.8 Å². The third-order valence-electron chi connectivity index (χ3n) is 2.98. The fourth-order valence-corrected chi connectivity index (χ4v) is 2.43. The van der Waals surface area contributed by atoms with E-state index in [9.17, 15) is 8.78 Å². The van der Waals surface area contributed by atoms with Crippen molar-refractivity contribution in [2.45, 2.75) is 25.9 Å². The number of rotatable bonds is 5. The molecule has 0 bridgehead atoms. The van der Waals surface area contributed by atoms with E-state index in [4.69, 9.17) is 5.84 Å². The monoisotopic (exact) mass is 345 g/mol. The summed E-state index contributed by atoms with van der Waals surface area (Å²) in [6, 6.07) is 1.68. The lowest BCUT2D eigenvalue weighted by Crippen LogP contribution is -2.32. The second kappa shape index (κ2) is 6.38. The molecule has 0 amide bonds. The number of hydrogen-bond acceptors (Lipinski definition) is 4. The van der Waals surface area contributed by atoms with Crippen LogP contribution in [0.5, 0.6) is 0 Å². The normalized spacial score (nSPS) is 12.7. The largest absolute Gasteiger partial charge is 0.271 e. The zero-order valence-corrected chi connectivity index (χ0v) is 12.4. The Hall–Kier alpha value is -1.38. The number of nitrogens with one attached hydrogen (secondary N) is 1. The molecule has 5 nitrogen and oxygen atoms in total. The summed E-state index contributed by atoms with van der Waals surface area (Å²) in [4.78, 5) is 4.08. The molecule has 0 aliphatic heterocycles. The number of nitrogens with two attached hydrogens (primary N) is 1. The highest BCUT2D eigenvalue weighted by Gasteiger charge is 2.22. The summed E-state index contributed by atoms with van der Waals surface area (Å²) in [5, 5.41) is 4.02. The van der Waals surface area contributed by atoms with E-state index in [0.29, 0.717) is 16.8 Å². The van der Waals surface area contributed by atoms with Crippen molar-refractivity contribution in [1.82, 2.24) is 20.2 Å². The van der Waals surface area contributed by atoms with Gasteiger partial charge in [0, 0.05) is 23.0 Å². The number of aromatic nitrogens is 3. The lowest BCUT2D eigenvalue weighted by atomic mass is 10.0. The Labute approximate surface area is 123 Å². The van der Waals surface area contributed by atoms with Crippen LogP contribution >= 0.6 is 15.9 Å². The van der Waals surface area contributed by atoms with E-state index in [2.05, 4.69) is 31.4 Å². The highest BCUT2D eigenvalue weighted by atomic mass is 79.9. The quantitative estimate of drug-likeness (QED) is 0.643. The molecule has 2 rings (SSSR count). The minimum absolute atomic E-state index is 0.110. The first-order valence-electron chi connectivity index (χ1n) is 6.04. The highest BCUT2D eigenvalue weighted by Crippen LogP contribution is 2.26. The Morgan fingerprint density at radius 2 is 2.05 bits per heavy atom. The first-order chi connectivity index (χ1) is 9.56. The summed E-state index contributed by atoms with van der Waals surface area (Å²) in [6.07, 6.45) is 1.64. The number of benzene rings is 1. The predicted octanol–water partition coefficient (Wildman–Crippen LogP) is 2.09. The van der Waals surface area contributed by atoms with Crippen molar-refractivity contribution in [3.8, 4) is 0 Å². The van der Waals surface area contributed by atoms with Gasteiger partial charge in [-0.25, -0.2) is 13.8 Å². The van der Waals surface area contributed by atoms with Gasteiger partial charge in [-0.1, -0.05) is 15.9 Å². The van der Waals surface area contributed by atoms with Crippen LogP contribution in [-0.4, -0.2) is 14.8 Å². The summed E-state index contributed by atoms with van der Waals surface area (Å²) >= 11 is 3.04. The number of hydrazine groups is 1. The van der Waals surface area contributed by atoms with Gasteiger partial charge in [-0.05, 0) is 19.1 Å². The Bertz CT molecular complexity index is 578. The van der Waals surface area contributed by atoms with Crippen molar-refractivity contribution in [3.63, 3.8) is 0 Å². The van der Waals surface area contributed by atoms with Gasteiger partial charge in [0.05, 0.1) is 6.04 Å². The lowest BCUT2D eigenvalue weighted by molar-refractivity contribution is 0.456. The third kappa shape index (κ3) is 3.02. The average Bonchev–Trinajstić information content (AvgIpc) is 2.83. The first kappa shape index (κ1) is 15.0. The van der Waals surface area contributed by atoms with Gasteiger partial charge in [0.2, 0.25) is 0 Å². The molecule has 108 valence electrons. The summed E-state index contributed by atoms with van der Waals surface area (Å²) in [5.41, 5.74) is 2.32. The van der Waals surface area contributed by atoms with Crippen LogP contribution < -0.4 is 11.3 Å². The van der Waals surface area contributed by atoms with E-state index in [1.807, 2.05) is 6.92 Å². The van der Waals surface area contributed by atoms with Gasteiger partial charge in [-0.3, -0.25) is 16.0 Å². The molecular formula is C12H14BrF2N5. The fraction of sp³-hybridized carbons (Fsp3) is 0.333.